The van der Waals surface area contributed by atoms with Crippen LogP contribution in [-0.2, 0) is 0 Å². The van der Waals surface area contributed by atoms with Gasteiger partial charge < -0.3 is 10.4 Å². The minimum Gasteiger partial charge on any atom is -0.507 e. The molecule has 104 valence electrons. The molecule has 2 aromatic rings. The van der Waals surface area contributed by atoms with Gasteiger partial charge in [0.2, 0.25) is 0 Å². The van der Waals surface area contributed by atoms with E-state index in [4.69, 9.17) is 11.6 Å². The van der Waals surface area contributed by atoms with Gasteiger partial charge in [0.05, 0.1) is 5.56 Å². The summed E-state index contributed by atoms with van der Waals surface area (Å²) in [5.41, 5.74) is 2.93. The second-order valence-electron chi connectivity index (χ2n) is 4.54. The molecule has 0 aliphatic carbocycles. The lowest BCUT2D eigenvalue weighted by molar-refractivity contribution is 0.102. The van der Waals surface area contributed by atoms with Crippen molar-refractivity contribution < 1.29 is 9.90 Å². The smallest absolute Gasteiger partial charge is 0.259 e. The number of hydrogen-bond acceptors (Lipinski definition) is 2. The molecule has 2 rings (SSSR count). The molecule has 0 aliphatic rings. The first-order valence-corrected chi connectivity index (χ1v) is 7.12. The highest BCUT2D eigenvalue weighted by molar-refractivity contribution is 9.10. The number of hydrogen-bond donors (Lipinski definition) is 2. The van der Waals surface area contributed by atoms with Crippen molar-refractivity contribution in [3.63, 3.8) is 0 Å². The maximum atomic E-state index is 12.1. The summed E-state index contributed by atoms with van der Waals surface area (Å²) in [7, 11) is 0. The van der Waals surface area contributed by atoms with Crippen LogP contribution >= 0.6 is 27.5 Å². The zero-order valence-electron chi connectivity index (χ0n) is 11.0. The van der Waals surface area contributed by atoms with Gasteiger partial charge in [-0.2, -0.15) is 0 Å². The minimum atomic E-state index is -0.375. The molecular weight excluding hydrogens is 342 g/mol. The Hall–Kier alpha value is -1.52. The summed E-state index contributed by atoms with van der Waals surface area (Å²) in [5.74, 6) is -0.513. The molecule has 2 N–H and O–H groups in total. The Labute approximate surface area is 130 Å². The molecule has 0 fully saturated rings. The monoisotopic (exact) mass is 353 g/mol. The van der Waals surface area contributed by atoms with Crippen molar-refractivity contribution in [2.75, 3.05) is 5.32 Å². The number of phenols is 1. The van der Waals surface area contributed by atoms with Crippen LogP contribution in [0.2, 0.25) is 5.02 Å². The molecule has 0 saturated heterocycles. The van der Waals surface area contributed by atoms with Gasteiger partial charge in [0.15, 0.2) is 0 Å². The average molecular weight is 355 g/mol. The van der Waals surface area contributed by atoms with Crippen LogP contribution in [0, 0.1) is 13.8 Å². The number of anilines is 1. The summed E-state index contributed by atoms with van der Waals surface area (Å²) in [6, 6.07) is 8.12. The van der Waals surface area contributed by atoms with Crippen LogP contribution in [0.4, 0.5) is 5.69 Å². The highest BCUT2D eigenvalue weighted by Gasteiger charge is 2.12. The van der Waals surface area contributed by atoms with Gasteiger partial charge >= 0.3 is 0 Å². The Kier molecular flexibility index (Phi) is 4.35. The Morgan fingerprint density at radius 1 is 1.20 bits per heavy atom. The van der Waals surface area contributed by atoms with Gasteiger partial charge in [-0.05, 0) is 55.3 Å². The molecule has 0 aliphatic heterocycles. The lowest BCUT2D eigenvalue weighted by atomic mass is 10.1. The maximum Gasteiger partial charge on any atom is 0.259 e. The van der Waals surface area contributed by atoms with E-state index < -0.39 is 0 Å². The molecule has 5 heteroatoms. The molecule has 0 heterocycles. The molecule has 0 saturated carbocycles. The third-order valence-electron chi connectivity index (χ3n) is 2.90. The Morgan fingerprint density at radius 3 is 2.35 bits per heavy atom. The third kappa shape index (κ3) is 3.14. The van der Waals surface area contributed by atoms with Crippen molar-refractivity contribution in [2.45, 2.75) is 13.8 Å². The number of phenolic OH excluding ortho intramolecular Hbond substituents is 1. The van der Waals surface area contributed by atoms with Gasteiger partial charge in [0.25, 0.3) is 5.91 Å². The average Bonchev–Trinajstić information content (AvgIpc) is 2.35. The Morgan fingerprint density at radius 2 is 1.80 bits per heavy atom. The van der Waals surface area contributed by atoms with Crippen LogP contribution in [-0.4, -0.2) is 11.0 Å². The molecular formula is C15H13BrClNO2. The topological polar surface area (TPSA) is 49.3 Å². The van der Waals surface area contributed by atoms with Crippen molar-refractivity contribution in [3.05, 3.63) is 56.5 Å². The van der Waals surface area contributed by atoms with E-state index in [1.165, 1.54) is 12.1 Å². The fourth-order valence-corrected chi connectivity index (χ4v) is 2.31. The van der Waals surface area contributed by atoms with Crippen LogP contribution < -0.4 is 5.32 Å². The predicted octanol–water partition coefficient (Wildman–Crippen LogP) is 4.68. The molecule has 1 amide bonds. The summed E-state index contributed by atoms with van der Waals surface area (Å²) in [5, 5.41) is 12.9. The van der Waals surface area contributed by atoms with E-state index >= 15 is 0 Å². The van der Waals surface area contributed by atoms with Crippen molar-refractivity contribution in [2.24, 2.45) is 0 Å². The summed E-state index contributed by atoms with van der Waals surface area (Å²) < 4.78 is 1.02. The second kappa shape index (κ2) is 5.85. The number of amides is 1. The van der Waals surface area contributed by atoms with Crippen LogP contribution in [0.3, 0.4) is 0 Å². The lowest BCUT2D eigenvalue weighted by Gasteiger charge is -2.10. The number of carbonyl (C=O) groups is 1. The van der Waals surface area contributed by atoms with Gasteiger partial charge in [-0.1, -0.05) is 27.5 Å². The summed E-state index contributed by atoms with van der Waals surface area (Å²) in [4.78, 5) is 12.1. The third-order valence-corrected chi connectivity index (χ3v) is 4.38. The van der Waals surface area contributed by atoms with E-state index in [2.05, 4.69) is 21.2 Å². The number of rotatable bonds is 2. The number of nitrogens with one attached hydrogen (secondary N) is 1. The van der Waals surface area contributed by atoms with E-state index in [9.17, 15) is 9.90 Å². The Bertz CT molecular complexity index is 663. The van der Waals surface area contributed by atoms with Crippen LogP contribution in [0.15, 0.2) is 34.8 Å². The fourth-order valence-electron chi connectivity index (χ4n) is 1.91. The van der Waals surface area contributed by atoms with Crippen molar-refractivity contribution in [3.8, 4) is 5.75 Å². The number of aromatic hydroxyl groups is 1. The highest BCUT2D eigenvalue weighted by Crippen LogP contribution is 2.27. The largest absolute Gasteiger partial charge is 0.507 e. The van der Waals surface area contributed by atoms with Crippen LogP contribution in [0.5, 0.6) is 5.75 Å². The fraction of sp³-hybridized carbons (Fsp3) is 0.133. The molecule has 0 spiro atoms. The van der Waals surface area contributed by atoms with Crippen molar-refractivity contribution >= 4 is 39.1 Å². The molecule has 0 unspecified atom stereocenters. The minimum absolute atomic E-state index is 0.138. The number of benzene rings is 2. The van der Waals surface area contributed by atoms with Gasteiger partial charge in [-0.25, -0.2) is 0 Å². The number of carbonyl (C=O) groups excluding carboxylic acids is 1. The summed E-state index contributed by atoms with van der Waals surface area (Å²) >= 11 is 9.22. The SMILES string of the molecule is Cc1cc(NC(=O)c2ccc(Cl)cc2O)cc(C)c1Br. The number of halogens is 2. The maximum absolute atomic E-state index is 12.1. The molecule has 20 heavy (non-hydrogen) atoms. The quantitative estimate of drug-likeness (QED) is 0.823. The number of aryl methyl sites for hydroxylation is 2. The van der Waals surface area contributed by atoms with Crippen LogP contribution in [0.25, 0.3) is 0 Å². The van der Waals surface area contributed by atoms with E-state index in [0.717, 1.165) is 15.6 Å². The summed E-state index contributed by atoms with van der Waals surface area (Å²) in [6.45, 7) is 3.90. The van der Waals surface area contributed by atoms with Gasteiger partial charge in [-0.3, -0.25) is 4.79 Å². The lowest BCUT2D eigenvalue weighted by Crippen LogP contribution is -2.12. The molecule has 0 atom stereocenters. The van der Waals surface area contributed by atoms with Gasteiger partial charge in [0.1, 0.15) is 5.75 Å². The highest BCUT2D eigenvalue weighted by atomic mass is 79.9. The predicted molar refractivity (Wildman–Crippen MR) is 84.7 cm³/mol. The van der Waals surface area contributed by atoms with Crippen molar-refractivity contribution in [1.82, 2.24) is 0 Å². The normalized spacial score (nSPS) is 10.4. The summed E-state index contributed by atoms with van der Waals surface area (Å²) in [6.07, 6.45) is 0. The molecule has 3 nitrogen and oxygen atoms in total. The van der Waals surface area contributed by atoms with E-state index in [-0.39, 0.29) is 17.2 Å². The zero-order chi connectivity index (χ0) is 14.9. The van der Waals surface area contributed by atoms with Crippen LogP contribution in [0.1, 0.15) is 21.5 Å². The van der Waals surface area contributed by atoms with E-state index in [0.29, 0.717) is 10.7 Å². The van der Waals surface area contributed by atoms with E-state index in [1.54, 1.807) is 6.07 Å². The first kappa shape index (κ1) is 14.9. The molecule has 0 bridgehead atoms. The van der Waals surface area contributed by atoms with Crippen molar-refractivity contribution in [1.29, 1.82) is 0 Å². The zero-order valence-corrected chi connectivity index (χ0v) is 13.3. The Balaban J connectivity index is 2.28. The van der Waals surface area contributed by atoms with Gasteiger partial charge in [0, 0.05) is 15.2 Å². The van der Waals surface area contributed by atoms with Gasteiger partial charge in [-0.15, -0.1) is 0 Å². The second-order valence-corrected chi connectivity index (χ2v) is 5.77. The standard InChI is InChI=1S/C15H13BrClNO2/c1-8-5-11(6-9(2)14(8)16)18-15(20)12-4-3-10(17)7-13(12)19/h3-7,19H,1-2H3,(H,18,20). The van der Waals surface area contributed by atoms with E-state index in [1.807, 2.05) is 26.0 Å². The molecule has 0 aromatic heterocycles. The first-order chi connectivity index (χ1) is 9.38. The first-order valence-electron chi connectivity index (χ1n) is 5.95. The molecule has 0 radical (unpaired) electrons. The molecule has 2 aromatic carbocycles.